The second-order valence-electron chi connectivity index (χ2n) is 8.79. The topological polar surface area (TPSA) is 37.2 Å². The summed E-state index contributed by atoms with van der Waals surface area (Å²) in [5, 5.41) is 15.5. The van der Waals surface area contributed by atoms with E-state index in [9.17, 15) is 5.11 Å². The van der Waals surface area contributed by atoms with Crippen molar-refractivity contribution in [3.8, 4) is 0 Å². The van der Waals surface area contributed by atoms with Crippen molar-refractivity contribution in [2.24, 2.45) is 0 Å². The molecule has 0 saturated heterocycles. The third-order valence-electron chi connectivity index (χ3n) is 5.74. The summed E-state index contributed by atoms with van der Waals surface area (Å²) in [7, 11) is 0. The summed E-state index contributed by atoms with van der Waals surface area (Å²) in [5.74, 6) is 0. The molecule has 0 bridgehead atoms. The first-order valence-electron chi connectivity index (χ1n) is 10.4. The predicted molar refractivity (Wildman–Crippen MR) is 124 cm³/mol. The first-order chi connectivity index (χ1) is 13.9. The van der Waals surface area contributed by atoms with Gasteiger partial charge in [0.25, 0.3) is 0 Å². The molecule has 3 nitrogen and oxygen atoms in total. The fraction of sp³-hybridized carbons (Fsp3) is 0.308. The maximum Gasteiger partial charge on any atom is 0.0682 e. The average molecular weight is 387 g/mol. The molecule has 0 aliphatic carbocycles. The van der Waals surface area contributed by atoms with Gasteiger partial charge in [0.15, 0.2) is 0 Å². The zero-order valence-corrected chi connectivity index (χ0v) is 17.8. The second-order valence-corrected chi connectivity index (χ2v) is 8.79. The molecule has 150 valence electrons. The van der Waals surface area contributed by atoms with Crippen LogP contribution in [0.15, 0.2) is 60.7 Å². The predicted octanol–water partition coefficient (Wildman–Crippen LogP) is 6.22. The van der Waals surface area contributed by atoms with Crippen molar-refractivity contribution in [3.63, 3.8) is 0 Å². The van der Waals surface area contributed by atoms with E-state index in [0.717, 1.165) is 24.3 Å². The zero-order valence-electron chi connectivity index (χ0n) is 17.8. The van der Waals surface area contributed by atoms with Gasteiger partial charge < -0.3 is 15.0 Å². The Hall–Kier alpha value is -2.78. The number of fused-ring (bicyclic) bond motifs is 3. The standard InChI is InChI=1S/C26H30N2O/c1-5-28-24-12-8-19(17-29)14-22(24)23-15-21(11-13-25(23)28)27-16-18-6-9-20(10-7-18)26(2,3)4/h6-15,27,29H,5,16-17H2,1-4H3. The van der Waals surface area contributed by atoms with Gasteiger partial charge in [0.2, 0.25) is 0 Å². The number of hydrogen-bond donors (Lipinski definition) is 2. The fourth-order valence-electron chi connectivity index (χ4n) is 4.03. The Labute approximate surface area is 173 Å². The molecule has 0 spiro atoms. The van der Waals surface area contributed by atoms with Crippen LogP contribution in [0.5, 0.6) is 0 Å². The second kappa shape index (κ2) is 7.57. The number of aliphatic hydroxyl groups is 1. The van der Waals surface area contributed by atoms with Crippen molar-refractivity contribution in [1.82, 2.24) is 4.57 Å². The minimum Gasteiger partial charge on any atom is -0.392 e. The lowest BCUT2D eigenvalue weighted by atomic mass is 9.87. The van der Waals surface area contributed by atoms with Crippen molar-refractivity contribution < 1.29 is 5.11 Å². The number of nitrogens with one attached hydrogen (secondary N) is 1. The summed E-state index contributed by atoms with van der Waals surface area (Å²) in [6, 6.07) is 21.7. The van der Waals surface area contributed by atoms with Crippen LogP contribution in [-0.2, 0) is 25.1 Å². The number of aromatic nitrogens is 1. The maximum atomic E-state index is 9.55. The third kappa shape index (κ3) is 3.75. The first-order valence-corrected chi connectivity index (χ1v) is 10.4. The molecule has 0 saturated carbocycles. The van der Waals surface area contributed by atoms with Crippen LogP contribution in [0.4, 0.5) is 5.69 Å². The number of aliphatic hydroxyl groups excluding tert-OH is 1. The smallest absolute Gasteiger partial charge is 0.0682 e. The lowest BCUT2D eigenvalue weighted by molar-refractivity contribution is 0.282. The van der Waals surface area contributed by atoms with Gasteiger partial charge in [0.05, 0.1) is 6.61 Å². The van der Waals surface area contributed by atoms with E-state index < -0.39 is 0 Å². The lowest BCUT2D eigenvalue weighted by Gasteiger charge is -2.19. The molecule has 29 heavy (non-hydrogen) atoms. The molecule has 4 rings (SSSR count). The molecule has 0 aliphatic rings. The van der Waals surface area contributed by atoms with Gasteiger partial charge in [-0.15, -0.1) is 0 Å². The monoisotopic (exact) mass is 386 g/mol. The normalized spacial score (nSPS) is 12.0. The van der Waals surface area contributed by atoms with Crippen LogP contribution >= 0.6 is 0 Å². The van der Waals surface area contributed by atoms with Gasteiger partial charge in [-0.05, 0) is 59.4 Å². The van der Waals surface area contributed by atoms with E-state index in [2.05, 4.69) is 92.2 Å². The van der Waals surface area contributed by atoms with Gasteiger partial charge >= 0.3 is 0 Å². The molecule has 3 heteroatoms. The Balaban J connectivity index is 1.64. The van der Waals surface area contributed by atoms with Crippen molar-refractivity contribution in [2.75, 3.05) is 5.32 Å². The highest BCUT2D eigenvalue weighted by Gasteiger charge is 2.13. The molecular weight excluding hydrogens is 356 g/mol. The largest absolute Gasteiger partial charge is 0.392 e. The quantitative estimate of drug-likeness (QED) is 0.427. The van der Waals surface area contributed by atoms with Crippen molar-refractivity contribution >= 4 is 27.5 Å². The van der Waals surface area contributed by atoms with Gasteiger partial charge in [0.1, 0.15) is 0 Å². The van der Waals surface area contributed by atoms with E-state index in [0.29, 0.717) is 0 Å². The fourth-order valence-corrected chi connectivity index (χ4v) is 4.03. The molecule has 1 heterocycles. The average Bonchev–Trinajstić information content (AvgIpc) is 3.04. The van der Waals surface area contributed by atoms with Gasteiger partial charge in [-0.2, -0.15) is 0 Å². The van der Waals surface area contributed by atoms with E-state index in [1.165, 1.54) is 32.9 Å². The minimum atomic E-state index is 0.0667. The summed E-state index contributed by atoms with van der Waals surface area (Å²) in [5.41, 5.74) is 7.32. The minimum absolute atomic E-state index is 0.0667. The van der Waals surface area contributed by atoms with E-state index in [-0.39, 0.29) is 12.0 Å². The number of nitrogens with zero attached hydrogens (tertiary/aromatic N) is 1. The molecule has 2 N–H and O–H groups in total. The Morgan fingerprint density at radius 2 is 1.45 bits per heavy atom. The first kappa shape index (κ1) is 19.5. The van der Waals surface area contributed by atoms with Crippen molar-refractivity contribution in [1.29, 1.82) is 0 Å². The number of rotatable bonds is 5. The highest BCUT2D eigenvalue weighted by molar-refractivity contribution is 6.09. The summed E-state index contributed by atoms with van der Waals surface area (Å²) >= 11 is 0. The zero-order chi connectivity index (χ0) is 20.6. The van der Waals surface area contributed by atoms with Crippen LogP contribution in [0.3, 0.4) is 0 Å². The van der Waals surface area contributed by atoms with Crippen LogP contribution in [0.25, 0.3) is 21.8 Å². The summed E-state index contributed by atoms with van der Waals surface area (Å²) in [6.07, 6.45) is 0. The number of benzene rings is 3. The maximum absolute atomic E-state index is 9.55. The Bertz CT molecular complexity index is 1150. The SMILES string of the molecule is CCn1c2ccc(CO)cc2c2cc(NCc3ccc(C(C)(C)C)cc3)ccc21. The summed E-state index contributed by atoms with van der Waals surface area (Å²) < 4.78 is 2.33. The highest BCUT2D eigenvalue weighted by Crippen LogP contribution is 2.32. The Morgan fingerprint density at radius 3 is 2.07 bits per heavy atom. The van der Waals surface area contributed by atoms with Gasteiger partial charge in [0, 0.05) is 40.6 Å². The molecule has 3 aromatic carbocycles. The van der Waals surface area contributed by atoms with Crippen LogP contribution in [0.2, 0.25) is 0 Å². The van der Waals surface area contributed by atoms with Crippen LogP contribution in [0, 0.1) is 0 Å². The van der Waals surface area contributed by atoms with Gasteiger partial charge in [-0.3, -0.25) is 0 Å². The van der Waals surface area contributed by atoms with Crippen molar-refractivity contribution in [3.05, 3.63) is 77.4 Å². The van der Waals surface area contributed by atoms with E-state index in [1.54, 1.807) is 0 Å². The molecule has 0 unspecified atom stereocenters. The van der Waals surface area contributed by atoms with Crippen LogP contribution in [-0.4, -0.2) is 9.67 Å². The van der Waals surface area contributed by atoms with E-state index in [4.69, 9.17) is 0 Å². The molecule has 0 amide bonds. The molecule has 0 radical (unpaired) electrons. The number of hydrogen-bond acceptors (Lipinski definition) is 2. The van der Waals surface area contributed by atoms with E-state index in [1.807, 2.05) is 6.07 Å². The third-order valence-corrected chi connectivity index (χ3v) is 5.74. The summed E-state index contributed by atoms with van der Waals surface area (Å²) in [4.78, 5) is 0. The molecule has 0 aliphatic heterocycles. The van der Waals surface area contributed by atoms with Gasteiger partial charge in [-0.25, -0.2) is 0 Å². The number of aryl methyl sites for hydroxylation is 1. The molecule has 0 atom stereocenters. The molecule has 4 aromatic rings. The van der Waals surface area contributed by atoms with Crippen molar-refractivity contribution in [2.45, 2.75) is 52.8 Å². The van der Waals surface area contributed by atoms with E-state index >= 15 is 0 Å². The summed E-state index contributed by atoms with van der Waals surface area (Å²) in [6.45, 7) is 10.7. The Kier molecular flexibility index (Phi) is 5.10. The van der Waals surface area contributed by atoms with Crippen LogP contribution < -0.4 is 5.32 Å². The molecule has 0 fully saturated rings. The lowest BCUT2D eigenvalue weighted by Crippen LogP contribution is -2.11. The highest BCUT2D eigenvalue weighted by atomic mass is 16.3. The van der Waals surface area contributed by atoms with Crippen LogP contribution in [0.1, 0.15) is 44.4 Å². The Morgan fingerprint density at radius 1 is 0.828 bits per heavy atom. The number of anilines is 1. The molecule has 1 aromatic heterocycles. The van der Waals surface area contributed by atoms with Gasteiger partial charge in [-0.1, -0.05) is 51.1 Å². The molecular formula is C26H30N2O.